The lowest BCUT2D eigenvalue weighted by molar-refractivity contribution is -0.129. The lowest BCUT2D eigenvalue weighted by Crippen LogP contribution is -2.38. The molecule has 5 nitrogen and oxygen atoms in total. The molecule has 1 rings (SSSR count). The first-order valence-corrected chi connectivity index (χ1v) is 4.74. The van der Waals surface area contributed by atoms with Crippen LogP contribution in [0.25, 0.3) is 0 Å². The quantitative estimate of drug-likeness (QED) is 0.596. The maximum absolute atomic E-state index is 11.3. The maximum Gasteiger partial charge on any atom is 0.236 e. The number of nitrogens with zero attached hydrogens (tertiary/aromatic N) is 1. The highest BCUT2D eigenvalue weighted by Crippen LogP contribution is 2.12. The molecule has 0 aromatic carbocycles. The summed E-state index contributed by atoms with van der Waals surface area (Å²) >= 11 is 0. The van der Waals surface area contributed by atoms with Gasteiger partial charge in [0.25, 0.3) is 0 Å². The average molecular weight is 199 g/mol. The van der Waals surface area contributed by atoms with Crippen molar-refractivity contribution in [3.8, 4) is 0 Å². The minimum absolute atomic E-state index is 0.00977. The van der Waals surface area contributed by atoms with Gasteiger partial charge in [-0.15, -0.1) is 0 Å². The number of hydrogen-bond acceptors (Lipinski definition) is 3. The van der Waals surface area contributed by atoms with Crippen LogP contribution in [0.15, 0.2) is 0 Å². The van der Waals surface area contributed by atoms with Crippen LogP contribution in [0.5, 0.6) is 0 Å². The predicted molar refractivity (Wildman–Crippen MR) is 52.7 cm³/mol. The normalized spacial score (nSPS) is 25.9. The number of rotatable bonds is 2. The Morgan fingerprint density at radius 2 is 2.14 bits per heavy atom. The molecule has 0 saturated carbocycles. The summed E-state index contributed by atoms with van der Waals surface area (Å²) in [5, 5.41) is 5.68. The van der Waals surface area contributed by atoms with Crippen molar-refractivity contribution in [2.24, 2.45) is 0 Å². The van der Waals surface area contributed by atoms with Gasteiger partial charge in [-0.05, 0) is 6.42 Å². The summed E-state index contributed by atoms with van der Waals surface area (Å²) in [6, 6.07) is -0.0263. The van der Waals surface area contributed by atoms with E-state index in [0.29, 0.717) is 13.0 Å². The highest BCUT2D eigenvalue weighted by molar-refractivity contribution is 5.82. The van der Waals surface area contributed by atoms with Gasteiger partial charge in [0.1, 0.15) is 0 Å². The van der Waals surface area contributed by atoms with Crippen molar-refractivity contribution < 1.29 is 9.59 Å². The average Bonchev–Trinajstić information content (AvgIpc) is 2.64. The summed E-state index contributed by atoms with van der Waals surface area (Å²) in [7, 11) is 3.38. The Morgan fingerprint density at radius 3 is 2.64 bits per heavy atom. The molecule has 1 fully saturated rings. The molecule has 14 heavy (non-hydrogen) atoms. The largest absolute Gasteiger partial charge is 0.358 e. The van der Waals surface area contributed by atoms with Gasteiger partial charge in [0.15, 0.2) is 0 Å². The Labute approximate surface area is 83.8 Å². The number of hydrogen-bond donors (Lipinski definition) is 2. The molecule has 0 bridgehead atoms. The zero-order valence-corrected chi connectivity index (χ0v) is 8.83. The van der Waals surface area contributed by atoms with Crippen molar-refractivity contribution in [3.63, 3.8) is 0 Å². The van der Waals surface area contributed by atoms with E-state index in [1.54, 1.807) is 19.0 Å². The molecule has 2 atom stereocenters. The van der Waals surface area contributed by atoms with Gasteiger partial charge in [0, 0.05) is 33.6 Å². The fraction of sp³-hybridized carbons (Fsp3) is 0.778. The molecule has 1 saturated heterocycles. The predicted octanol–water partition coefficient (Wildman–Crippen LogP) is -1.06. The lowest BCUT2D eigenvalue weighted by Gasteiger charge is -2.21. The number of amides is 2. The van der Waals surface area contributed by atoms with E-state index in [4.69, 9.17) is 0 Å². The Hall–Kier alpha value is -1.10. The summed E-state index contributed by atoms with van der Waals surface area (Å²) in [5.74, 6) is 0.0267. The topological polar surface area (TPSA) is 61.4 Å². The van der Waals surface area contributed by atoms with Crippen molar-refractivity contribution in [3.05, 3.63) is 0 Å². The van der Waals surface area contributed by atoms with Crippen molar-refractivity contribution in [2.75, 3.05) is 20.6 Å². The third-order valence-corrected chi connectivity index (χ3v) is 2.71. The second-order valence-electron chi connectivity index (χ2n) is 3.59. The first-order chi connectivity index (χ1) is 6.56. The number of nitrogens with one attached hydrogen (secondary N) is 2. The lowest BCUT2D eigenvalue weighted by atomic mass is 10.1. The zero-order valence-electron chi connectivity index (χ0n) is 8.83. The molecule has 0 spiro atoms. The molecule has 0 unspecified atom stereocenters. The third-order valence-electron chi connectivity index (χ3n) is 2.71. The van der Waals surface area contributed by atoms with Gasteiger partial charge in [-0.25, -0.2) is 0 Å². The fourth-order valence-corrected chi connectivity index (χ4v) is 1.64. The summed E-state index contributed by atoms with van der Waals surface area (Å²) < 4.78 is 0. The second-order valence-corrected chi connectivity index (χ2v) is 3.59. The summed E-state index contributed by atoms with van der Waals surface area (Å²) in [6.07, 6.45) is 0.690. The minimum atomic E-state index is -0.160. The summed E-state index contributed by atoms with van der Waals surface area (Å²) in [6.45, 7) is 2.22. The van der Waals surface area contributed by atoms with Gasteiger partial charge in [-0.1, -0.05) is 0 Å². The van der Waals surface area contributed by atoms with Crippen LogP contribution in [0.1, 0.15) is 13.3 Å². The zero-order chi connectivity index (χ0) is 10.7. The molecule has 2 amide bonds. The molecule has 80 valence electrons. The van der Waals surface area contributed by atoms with Crippen LogP contribution < -0.4 is 10.6 Å². The van der Waals surface area contributed by atoms with Crippen molar-refractivity contribution in [1.29, 1.82) is 0 Å². The van der Waals surface area contributed by atoms with Crippen LogP contribution >= 0.6 is 0 Å². The van der Waals surface area contributed by atoms with E-state index >= 15 is 0 Å². The molecule has 0 aromatic rings. The number of likely N-dealkylation sites (N-methyl/N-ethyl adjacent to an activating group) is 2. The Balaban J connectivity index is 2.49. The van der Waals surface area contributed by atoms with E-state index in [-0.39, 0.29) is 23.9 Å². The molecular formula is C9H17N3O2. The van der Waals surface area contributed by atoms with Crippen LogP contribution in [-0.4, -0.2) is 49.4 Å². The van der Waals surface area contributed by atoms with E-state index in [1.807, 2.05) is 0 Å². The van der Waals surface area contributed by atoms with Crippen LogP contribution in [0.2, 0.25) is 0 Å². The molecular weight excluding hydrogens is 182 g/mol. The van der Waals surface area contributed by atoms with Gasteiger partial charge in [0.05, 0.1) is 6.04 Å². The smallest absolute Gasteiger partial charge is 0.236 e. The number of carbonyl (C=O) groups excluding carboxylic acids is 2. The highest BCUT2D eigenvalue weighted by atomic mass is 16.2. The van der Waals surface area contributed by atoms with Gasteiger partial charge >= 0.3 is 0 Å². The van der Waals surface area contributed by atoms with Gasteiger partial charge in [0.2, 0.25) is 11.8 Å². The van der Waals surface area contributed by atoms with Crippen molar-refractivity contribution in [1.82, 2.24) is 15.5 Å². The Morgan fingerprint density at radius 1 is 1.50 bits per heavy atom. The van der Waals surface area contributed by atoms with Crippen LogP contribution in [-0.2, 0) is 9.59 Å². The first kappa shape index (κ1) is 11.0. The van der Waals surface area contributed by atoms with Gasteiger partial charge < -0.3 is 15.5 Å². The highest BCUT2D eigenvalue weighted by Gasteiger charge is 2.31. The van der Waals surface area contributed by atoms with E-state index in [1.165, 1.54) is 6.92 Å². The van der Waals surface area contributed by atoms with E-state index in [9.17, 15) is 9.59 Å². The molecule has 0 aromatic heterocycles. The first-order valence-electron chi connectivity index (χ1n) is 4.74. The van der Waals surface area contributed by atoms with E-state index < -0.39 is 0 Å². The molecule has 5 heteroatoms. The monoisotopic (exact) mass is 199 g/mol. The summed E-state index contributed by atoms with van der Waals surface area (Å²) in [4.78, 5) is 24.0. The standard InChI is InChI=1S/C9H17N3O2/c1-6(13)12(3)7-4-8(11-5-7)9(14)10-2/h7-8,11H,4-5H2,1-3H3,(H,10,14)/t7-,8-/m0/s1. The fourth-order valence-electron chi connectivity index (χ4n) is 1.64. The second kappa shape index (κ2) is 4.41. The van der Waals surface area contributed by atoms with Gasteiger partial charge in [-0.3, -0.25) is 9.59 Å². The Kier molecular flexibility index (Phi) is 3.46. The molecule has 0 radical (unpaired) electrons. The minimum Gasteiger partial charge on any atom is -0.358 e. The summed E-state index contributed by atoms with van der Waals surface area (Å²) in [5.41, 5.74) is 0. The molecule has 1 aliphatic heterocycles. The van der Waals surface area contributed by atoms with Crippen LogP contribution in [0.3, 0.4) is 0 Å². The molecule has 1 heterocycles. The van der Waals surface area contributed by atoms with Crippen LogP contribution in [0.4, 0.5) is 0 Å². The van der Waals surface area contributed by atoms with E-state index in [2.05, 4.69) is 10.6 Å². The van der Waals surface area contributed by atoms with Crippen molar-refractivity contribution >= 4 is 11.8 Å². The molecule has 1 aliphatic rings. The van der Waals surface area contributed by atoms with Gasteiger partial charge in [-0.2, -0.15) is 0 Å². The maximum atomic E-state index is 11.3. The van der Waals surface area contributed by atoms with Crippen LogP contribution in [0, 0.1) is 0 Å². The number of carbonyl (C=O) groups is 2. The van der Waals surface area contributed by atoms with E-state index in [0.717, 1.165) is 0 Å². The third kappa shape index (κ3) is 2.23. The van der Waals surface area contributed by atoms with Crippen molar-refractivity contribution in [2.45, 2.75) is 25.4 Å². The Bertz CT molecular complexity index is 242. The molecule has 0 aliphatic carbocycles. The SMILES string of the molecule is CNC(=O)[C@@H]1C[C@H](N(C)C(C)=O)CN1. The molecule has 2 N–H and O–H groups in total.